The van der Waals surface area contributed by atoms with Crippen molar-refractivity contribution in [3.05, 3.63) is 23.8 Å². The predicted octanol–water partition coefficient (Wildman–Crippen LogP) is 2.04. The zero-order valence-corrected chi connectivity index (χ0v) is 14.3. The summed E-state index contributed by atoms with van der Waals surface area (Å²) < 4.78 is 0. The van der Waals surface area contributed by atoms with Gasteiger partial charge in [0.1, 0.15) is 0 Å². The second-order valence-electron chi connectivity index (χ2n) is 7.21. The Morgan fingerprint density at radius 3 is 2.50 bits per heavy atom. The molecule has 2 aliphatic heterocycles. The number of carbonyl (C=O) groups is 2. The van der Waals surface area contributed by atoms with Crippen molar-refractivity contribution in [2.24, 2.45) is 5.92 Å². The van der Waals surface area contributed by atoms with Crippen LogP contribution in [0.25, 0.3) is 0 Å². The molecule has 2 fully saturated rings. The van der Waals surface area contributed by atoms with Crippen molar-refractivity contribution in [1.29, 1.82) is 0 Å². The summed E-state index contributed by atoms with van der Waals surface area (Å²) in [5, 5.41) is 0. The Kier molecular flexibility index (Phi) is 3.94. The van der Waals surface area contributed by atoms with Gasteiger partial charge in [0.05, 0.1) is 0 Å². The van der Waals surface area contributed by atoms with Gasteiger partial charge in [-0.15, -0.1) is 0 Å². The fraction of sp³-hybridized carbons (Fsp3) is 0.579. The van der Waals surface area contributed by atoms with Gasteiger partial charge in [0.2, 0.25) is 11.8 Å². The molecule has 0 aromatic heterocycles. The summed E-state index contributed by atoms with van der Waals surface area (Å²) in [7, 11) is 1.85. The minimum atomic E-state index is 0.193. The Labute approximate surface area is 143 Å². The lowest BCUT2D eigenvalue weighted by Crippen LogP contribution is -2.51. The van der Waals surface area contributed by atoms with Crippen LogP contribution >= 0.6 is 0 Å². The molecular formula is C19H25N3O2. The van der Waals surface area contributed by atoms with E-state index in [-0.39, 0.29) is 5.91 Å². The van der Waals surface area contributed by atoms with Crippen LogP contribution in [0.1, 0.15) is 31.2 Å². The molecule has 1 aliphatic carbocycles. The summed E-state index contributed by atoms with van der Waals surface area (Å²) in [6, 6.07) is 6.40. The summed E-state index contributed by atoms with van der Waals surface area (Å²) >= 11 is 0. The number of benzene rings is 1. The SMILES string of the molecule is CN1C(=O)CCc2cc(N3CCN(C(=O)C4CCC4)CC3)ccc21. The first-order valence-electron chi connectivity index (χ1n) is 9.07. The van der Waals surface area contributed by atoms with Gasteiger partial charge in [-0.05, 0) is 43.0 Å². The van der Waals surface area contributed by atoms with Crippen LogP contribution in [0.3, 0.4) is 0 Å². The lowest BCUT2D eigenvalue weighted by Gasteiger charge is -2.39. The van der Waals surface area contributed by atoms with Crippen LogP contribution in [0.2, 0.25) is 0 Å². The van der Waals surface area contributed by atoms with Gasteiger partial charge in [0.25, 0.3) is 0 Å². The van der Waals surface area contributed by atoms with Gasteiger partial charge >= 0.3 is 0 Å². The lowest BCUT2D eigenvalue weighted by atomic mass is 9.84. The van der Waals surface area contributed by atoms with Crippen LogP contribution in [0.4, 0.5) is 11.4 Å². The Balaban J connectivity index is 1.42. The molecule has 2 heterocycles. The third-order valence-corrected chi connectivity index (χ3v) is 5.82. The quantitative estimate of drug-likeness (QED) is 0.835. The molecule has 1 aromatic carbocycles. The number of carbonyl (C=O) groups excluding carboxylic acids is 2. The largest absolute Gasteiger partial charge is 0.368 e. The Hall–Kier alpha value is -2.04. The molecule has 0 N–H and O–H groups in total. The molecule has 0 atom stereocenters. The number of amides is 2. The highest BCUT2D eigenvalue weighted by Gasteiger charge is 2.31. The number of hydrogen-bond donors (Lipinski definition) is 0. The van der Waals surface area contributed by atoms with Crippen LogP contribution in [0.5, 0.6) is 0 Å². The summed E-state index contributed by atoms with van der Waals surface area (Å²) in [4.78, 5) is 30.3. The molecule has 5 heteroatoms. The van der Waals surface area contributed by atoms with Crippen LogP contribution in [0, 0.1) is 5.92 Å². The molecule has 1 saturated heterocycles. The highest BCUT2D eigenvalue weighted by atomic mass is 16.2. The van der Waals surface area contributed by atoms with Gasteiger partial charge in [-0.25, -0.2) is 0 Å². The van der Waals surface area contributed by atoms with Crippen molar-refractivity contribution in [3.8, 4) is 0 Å². The molecule has 5 nitrogen and oxygen atoms in total. The highest BCUT2D eigenvalue weighted by molar-refractivity contribution is 5.96. The van der Waals surface area contributed by atoms with Crippen molar-refractivity contribution in [2.75, 3.05) is 43.0 Å². The summed E-state index contributed by atoms with van der Waals surface area (Å²) in [5.41, 5.74) is 3.50. The number of fused-ring (bicyclic) bond motifs is 1. The summed E-state index contributed by atoms with van der Waals surface area (Å²) in [5.74, 6) is 0.859. The van der Waals surface area contributed by atoms with Gasteiger partial charge < -0.3 is 14.7 Å². The predicted molar refractivity (Wildman–Crippen MR) is 94.3 cm³/mol. The fourth-order valence-electron chi connectivity index (χ4n) is 3.94. The van der Waals surface area contributed by atoms with Crippen molar-refractivity contribution >= 4 is 23.2 Å². The molecule has 2 amide bonds. The van der Waals surface area contributed by atoms with E-state index in [2.05, 4.69) is 23.1 Å². The zero-order valence-electron chi connectivity index (χ0n) is 14.3. The topological polar surface area (TPSA) is 43.9 Å². The van der Waals surface area contributed by atoms with E-state index in [0.29, 0.717) is 18.2 Å². The van der Waals surface area contributed by atoms with Gasteiger partial charge in [-0.3, -0.25) is 9.59 Å². The van der Waals surface area contributed by atoms with Crippen LogP contribution in [0.15, 0.2) is 18.2 Å². The first-order chi connectivity index (χ1) is 11.6. The highest BCUT2D eigenvalue weighted by Crippen LogP contribution is 2.32. The number of hydrogen-bond acceptors (Lipinski definition) is 3. The molecule has 0 unspecified atom stereocenters. The Morgan fingerprint density at radius 2 is 1.83 bits per heavy atom. The van der Waals surface area contributed by atoms with Crippen molar-refractivity contribution < 1.29 is 9.59 Å². The molecule has 1 aromatic rings. The van der Waals surface area contributed by atoms with Crippen molar-refractivity contribution in [2.45, 2.75) is 32.1 Å². The second-order valence-corrected chi connectivity index (χ2v) is 7.21. The van der Waals surface area contributed by atoms with E-state index in [1.54, 1.807) is 4.90 Å². The van der Waals surface area contributed by atoms with E-state index in [0.717, 1.165) is 51.1 Å². The van der Waals surface area contributed by atoms with Crippen LogP contribution in [-0.4, -0.2) is 49.9 Å². The Bertz CT molecular complexity index is 661. The van der Waals surface area contributed by atoms with E-state index < -0.39 is 0 Å². The molecule has 24 heavy (non-hydrogen) atoms. The number of aryl methyl sites for hydroxylation is 1. The van der Waals surface area contributed by atoms with E-state index in [1.807, 2.05) is 11.9 Å². The summed E-state index contributed by atoms with van der Waals surface area (Å²) in [6.07, 6.45) is 4.79. The molecule has 4 rings (SSSR count). The van der Waals surface area contributed by atoms with Crippen LogP contribution < -0.4 is 9.80 Å². The third kappa shape index (κ3) is 2.66. The standard InChI is InChI=1S/C19H25N3O2/c1-20-17-7-6-16(13-15(17)5-8-18(20)23)21-9-11-22(12-10-21)19(24)14-3-2-4-14/h6-7,13-14H,2-5,8-12H2,1H3. The first-order valence-corrected chi connectivity index (χ1v) is 9.07. The molecule has 128 valence electrons. The molecule has 3 aliphatic rings. The normalized spacial score (nSPS) is 21.5. The van der Waals surface area contributed by atoms with Gasteiger partial charge in [-0.2, -0.15) is 0 Å². The molecule has 0 bridgehead atoms. The van der Waals surface area contributed by atoms with E-state index in [1.165, 1.54) is 17.7 Å². The second kappa shape index (κ2) is 6.11. The maximum absolute atomic E-state index is 12.4. The van der Waals surface area contributed by atoms with E-state index in [9.17, 15) is 9.59 Å². The lowest BCUT2D eigenvalue weighted by molar-refractivity contribution is -0.138. The van der Waals surface area contributed by atoms with Gasteiger partial charge in [0, 0.05) is 56.9 Å². The fourth-order valence-corrected chi connectivity index (χ4v) is 3.94. The van der Waals surface area contributed by atoms with Crippen molar-refractivity contribution in [1.82, 2.24) is 4.90 Å². The average Bonchev–Trinajstić information content (AvgIpc) is 2.56. The average molecular weight is 327 g/mol. The maximum atomic E-state index is 12.4. The van der Waals surface area contributed by atoms with Gasteiger partial charge in [0.15, 0.2) is 0 Å². The minimum Gasteiger partial charge on any atom is -0.368 e. The van der Waals surface area contributed by atoms with E-state index >= 15 is 0 Å². The molecule has 0 radical (unpaired) electrons. The van der Waals surface area contributed by atoms with E-state index in [4.69, 9.17) is 0 Å². The number of rotatable bonds is 2. The number of anilines is 2. The monoisotopic (exact) mass is 327 g/mol. The van der Waals surface area contributed by atoms with Crippen LogP contribution in [-0.2, 0) is 16.0 Å². The van der Waals surface area contributed by atoms with Crippen molar-refractivity contribution in [3.63, 3.8) is 0 Å². The summed E-state index contributed by atoms with van der Waals surface area (Å²) in [6.45, 7) is 3.44. The molecular weight excluding hydrogens is 302 g/mol. The molecule has 0 spiro atoms. The maximum Gasteiger partial charge on any atom is 0.227 e. The number of nitrogens with zero attached hydrogens (tertiary/aromatic N) is 3. The Morgan fingerprint density at radius 1 is 1.08 bits per heavy atom. The molecule has 1 saturated carbocycles. The smallest absolute Gasteiger partial charge is 0.227 e. The number of piperazine rings is 1. The van der Waals surface area contributed by atoms with Gasteiger partial charge in [-0.1, -0.05) is 6.42 Å². The minimum absolute atomic E-state index is 0.193. The zero-order chi connectivity index (χ0) is 16.7. The third-order valence-electron chi connectivity index (χ3n) is 5.82. The first kappa shape index (κ1) is 15.5.